The van der Waals surface area contributed by atoms with E-state index in [1.165, 1.54) is 0 Å². The Morgan fingerprint density at radius 2 is 1.95 bits per heavy atom. The van der Waals surface area contributed by atoms with Crippen LogP contribution in [-0.2, 0) is 0 Å². The van der Waals surface area contributed by atoms with Gasteiger partial charge in [-0.15, -0.1) is 0 Å². The van der Waals surface area contributed by atoms with E-state index in [0.717, 1.165) is 20.4 Å². The molecule has 0 aliphatic carbocycles. The van der Waals surface area contributed by atoms with Gasteiger partial charge in [-0.2, -0.15) is 0 Å². The normalized spacial score (nSPS) is 10.6. The molecule has 5 heteroatoms. The smallest absolute Gasteiger partial charge is 0.255 e. The van der Waals surface area contributed by atoms with E-state index in [4.69, 9.17) is 4.74 Å². The molecule has 2 aromatic rings. The highest BCUT2D eigenvalue weighted by Crippen LogP contribution is 2.27. The number of anilines is 1. The van der Waals surface area contributed by atoms with Crippen LogP contribution < -0.4 is 10.1 Å². The molecule has 0 heterocycles. The van der Waals surface area contributed by atoms with Crippen LogP contribution in [0.3, 0.4) is 0 Å². The Hall–Kier alpha value is -1.33. The van der Waals surface area contributed by atoms with E-state index < -0.39 is 0 Å². The third kappa shape index (κ3) is 4.85. The maximum atomic E-state index is 12.3. The molecule has 0 aromatic heterocycles. The monoisotopic (exact) mass is 425 g/mol. The summed E-state index contributed by atoms with van der Waals surface area (Å²) in [7, 11) is 0. The minimum atomic E-state index is -0.158. The number of hydrogen-bond donors (Lipinski definition) is 1. The number of rotatable bonds is 5. The Labute approximate surface area is 147 Å². The summed E-state index contributed by atoms with van der Waals surface area (Å²) in [6, 6.07) is 12.8. The van der Waals surface area contributed by atoms with Gasteiger partial charge < -0.3 is 10.1 Å². The molecule has 22 heavy (non-hydrogen) atoms. The van der Waals surface area contributed by atoms with Crippen molar-refractivity contribution in [3.05, 3.63) is 57.0 Å². The standard InChI is InChI=1S/C17H17Br2NO2/c1-11(2)10-22-16-7-6-12(8-15(16)19)17(21)20-14-5-3-4-13(18)9-14/h3-9,11H,10H2,1-2H3,(H,20,21). The number of hydrogen-bond acceptors (Lipinski definition) is 2. The van der Waals surface area contributed by atoms with Crippen LogP contribution in [0.1, 0.15) is 24.2 Å². The van der Waals surface area contributed by atoms with Gasteiger partial charge in [0.05, 0.1) is 11.1 Å². The average Bonchev–Trinajstić information content (AvgIpc) is 2.45. The summed E-state index contributed by atoms with van der Waals surface area (Å²) in [6.45, 7) is 4.82. The van der Waals surface area contributed by atoms with Crippen LogP contribution in [0.15, 0.2) is 51.4 Å². The number of benzene rings is 2. The number of carbonyl (C=O) groups excluding carboxylic acids is 1. The molecule has 2 aromatic carbocycles. The molecule has 0 fully saturated rings. The van der Waals surface area contributed by atoms with Crippen molar-refractivity contribution in [3.8, 4) is 5.75 Å². The fourth-order valence-corrected chi connectivity index (χ4v) is 2.68. The van der Waals surface area contributed by atoms with Crippen molar-refractivity contribution in [2.75, 3.05) is 11.9 Å². The second-order valence-corrected chi connectivity index (χ2v) is 7.08. The number of amides is 1. The van der Waals surface area contributed by atoms with Gasteiger partial charge in [0.25, 0.3) is 5.91 Å². The van der Waals surface area contributed by atoms with E-state index in [2.05, 4.69) is 51.0 Å². The summed E-state index contributed by atoms with van der Waals surface area (Å²) >= 11 is 6.83. The maximum absolute atomic E-state index is 12.3. The summed E-state index contributed by atoms with van der Waals surface area (Å²) in [5, 5.41) is 2.87. The van der Waals surface area contributed by atoms with Gasteiger partial charge in [0.1, 0.15) is 5.75 Å². The van der Waals surface area contributed by atoms with Gasteiger partial charge in [-0.25, -0.2) is 0 Å². The molecule has 1 amide bonds. The number of ether oxygens (including phenoxy) is 1. The van der Waals surface area contributed by atoms with Crippen LogP contribution >= 0.6 is 31.9 Å². The quantitative estimate of drug-likeness (QED) is 0.685. The molecular weight excluding hydrogens is 410 g/mol. The Kier molecular flexibility index (Phi) is 6.03. The molecule has 2 rings (SSSR count). The van der Waals surface area contributed by atoms with Gasteiger partial charge in [-0.1, -0.05) is 35.8 Å². The highest BCUT2D eigenvalue weighted by molar-refractivity contribution is 9.10. The molecule has 0 aliphatic rings. The molecule has 0 saturated heterocycles. The van der Waals surface area contributed by atoms with E-state index >= 15 is 0 Å². The highest BCUT2D eigenvalue weighted by Gasteiger charge is 2.10. The SMILES string of the molecule is CC(C)COc1ccc(C(=O)Nc2cccc(Br)c2)cc1Br. The molecule has 1 N–H and O–H groups in total. The number of nitrogens with one attached hydrogen (secondary N) is 1. The first-order chi connectivity index (χ1) is 10.5. The van der Waals surface area contributed by atoms with E-state index in [0.29, 0.717) is 18.1 Å². The predicted octanol–water partition coefficient (Wildman–Crippen LogP) is 5.50. The third-order valence-electron chi connectivity index (χ3n) is 2.85. The molecule has 0 radical (unpaired) electrons. The van der Waals surface area contributed by atoms with E-state index in [1.807, 2.05) is 30.3 Å². The molecule has 116 valence electrons. The Bertz CT molecular complexity index is 671. The van der Waals surface area contributed by atoms with Gasteiger partial charge in [0.2, 0.25) is 0 Å². The van der Waals surface area contributed by atoms with Crippen molar-refractivity contribution in [2.45, 2.75) is 13.8 Å². The van der Waals surface area contributed by atoms with Crippen LogP contribution in [0, 0.1) is 5.92 Å². The third-order valence-corrected chi connectivity index (χ3v) is 3.96. The topological polar surface area (TPSA) is 38.3 Å². The van der Waals surface area contributed by atoms with Gasteiger partial charge in [0.15, 0.2) is 0 Å². The minimum absolute atomic E-state index is 0.158. The first-order valence-corrected chi connectivity index (χ1v) is 8.53. The second-order valence-electron chi connectivity index (χ2n) is 5.31. The van der Waals surface area contributed by atoms with Crippen LogP contribution in [-0.4, -0.2) is 12.5 Å². The lowest BCUT2D eigenvalue weighted by Crippen LogP contribution is -2.12. The molecule has 0 spiro atoms. The molecule has 0 atom stereocenters. The van der Waals surface area contributed by atoms with Crippen LogP contribution in [0.4, 0.5) is 5.69 Å². The fourth-order valence-electron chi connectivity index (χ4n) is 1.79. The molecule has 0 bridgehead atoms. The van der Waals surface area contributed by atoms with Crippen molar-refractivity contribution in [2.24, 2.45) is 5.92 Å². The van der Waals surface area contributed by atoms with E-state index in [1.54, 1.807) is 12.1 Å². The largest absolute Gasteiger partial charge is 0.492 e. The van der Waals surface area contributed by atoms with Gasteiger partial charge >= 0.3 is 0 Å². The maximum Gasteiger partial charge on any atom is 0.255 e. The first kappa shape index (κ1) is 17.0. The predicted molar refractivity (Wildman–Crippen MR) is 96.6 cm³/mol. The average molecular weight is 427 g/mol. The van der Waals surface area contributed by atoms with Crippen molar-refractivity contribution in [1.82, 2.24) is 0 Å². The van der Waals surface area contributed by atoms with Crippen LogP contribution in [0.5, 0.6) is 5.75 Å². The van der Waals surface area contributed by atoms with Gasteiger partial charge in [0, 0.05) is 15.7 Å². The zero-order valence-electron chi connectivity index (χ0n) is 12.4. The number of halogens is 2. The molecular formula is C17H17Br2NO2. The summed E-state index contributed by atoms with van der Waals surface area (Å²) in [5.41, 5.74) is 1.32. The highest BCUT2D eigenvalue weighted by atomic mass is 79.9. The molecule has 0 aliphatic heterocycles. The lowest BCUT2D eigenvalue weighted by Gasteiger charge is -2.11. The van der Waals surface area contributed by atoms with E-state index in [-0.39, 0.29) is 5.91 Å². The fraction of sp³-hybridized carbons (Fsp3) is 0.235. The summed E-state index contributed by atoms with van der Waals surface area (Å²) in [5.74, 6) is 1.04. The summed E-state index contributed by atoms with van der Waals surface area (Å²) in [4.78, 5) is 12.3. The zero-order chi connectivity index (χ0) is 16.1. The molecule has 0 unspecified atom stereocenters. The lowest BCUT2D eigenvalue weighted by atomic mass is 10.2. The zero-order valence-corrected chi connectivity index (χ0v) is 15.6. The van der Waals surface area contributed by atoms with Crippen molar-refractivity contribution < 1.29 is 9.53 Å². The Morgan fingerprint density at radius 1 is 1.18 bits per heavy atom. The van der Waals surface area contributed by atoms with Gasteiger partial charge in [-0.3, -0.25) is 4.79 Å². The Balaban J connectivity index is 2.09. The van der Waals surface area contributed by atoms with Crippen LogP contribution in [0.2, 0.25) is 0 Å². The summed E-state index contributed by atoms with van der Waals surface area (Å²) < 4.78 is 7.38. The van der Waals surface area contributed by atoms with E-state index in [9.17, 15) is 4.79 Å². The minimum Gasteiger partial charge on any atom is -0.492 e. The second kappa shape index (κ2) is 7.79. The summed E-state index contributed by atoms with van der Waals surface area (Å²) in [6.07, 6.45) is 0. The number of carbonyl (C=O) groups is 1. The lowest BCUT2D eigenvalue weighted by molar-refractivity contribution is 0.102. The van der Waals surface area contributed by atoms with Gasteiger partial charge in [-0.05, 0) is 58.2 Å². The van der Waals surface area contributed by atoms with Crippen molar-refractivity contribution in [1.29, 1.82) is 0 Å². The first-order valence-electron chi connectivity index (χ1n) is 6.95. The van der Waals surface area contributed by atoms with Crippen molar-refractivity contribution in [3.63, 3.8) is 0 Å². The Morgan fingerprint density at radius 3 is 2.59 bits per heavy atom. The molecule has 3 nitrogen and oxygen atoms in total. The van der Waals surface area contributed by atoms with Crippen LogP contribution in [0.25, 0.3) is 0 Å². The van der Waals surface area contributed by atoms with Crippen molar-refractivity contribution >= 4 is 43.5 Å². The molecule has 0 saturated carbocycles.